The fraction of sp³-hybridized carbons (Fsp3) is 0.667. The van der Waals surface area contributed by atoms with Crippen molar-refractivity contribution in [2.24, 2.45) is 0 Å². The van der Waals surface area contributed by atoms with Crippen molar-refractivity contribution in [1.29, 1.82) is 0 Å². The zero-order valence-electron chi connectivity index (χ0n) is 13.1. The van der Waals surface area contributed by atoms with Crippen LogP contribution in [0.3, 0.4) is 0 Å². The number of nitrogens with zero attached hydrogens (tertiary/aromatic N) is 1. The van der Waals surface area contributed by atoms with Gasteiger partial charge in [0.1, 0.15) is 5.75 Å². The highest BCUT2D eigenvalue weighted by Gasteiger charge is 2.35. The highest BCUT2D eigenvalue weighted by atomic mass is 16.3. The number of hydrogen-bond donors (Lipinski definition) is 2. The van der Waals surface area contributed by atoms with Crippen molar-refractivity contribution in [3.63, 3.8) is 0 Å². The van der Waals surface area contributed by atoms with E-state index in [0.717, 1.165) is 5.69 Å². The van der Waals surface area contributed by atoms with Crippen LogP contribution in [0.15, 0.2) is 24.3 Å². The molecule has 3 rings (SSSR count). The lowest BCUT2D eigenvalue weighted by molar-refractivity contribution is 0.0457. The average Bonchev–Trinajstić information content (AvgIpc) is 2.51. The molecule has 2 fully saturated rings. The van der Waals surface area contributed by atoms with Gasteiger partial charge in [0.05, 0.1) is 5.69 Å². The number of rotatable bonds is 3. The van der Waals surface area contributed by atoms with Gasteiger partial charge in [0, 0.05) is 24.7 Å². The molecule has 0 aromatic heterocycles. The van der Waals surface area contributed by atoms with E-state index < -0.39 is 0 Å². The van der Waals surface area contributed by atoms with Crippen molar-refractivity contribution in [2.75, 3.05) is 18.4 Å². The maximum Gasteiger partial charge on any atom is 0.138 e. The van der Waals surface area contributed by atoms with Crippen LogP contribution in [-0.2, 0) is 0 Å². The van der Waals surface area contributed by atoms with Crippen LogP contribution in [-0.4, -0.2) is 34.7 Å². The minimum absolute atomic E-state index is 0.360. The van der Waals surface area contributed by atoms with Gasteiger partial charge in [-0.25, -0.2) is 0 Å². The Morgan fingerprint density at radius 3 is 2.43 bits per heavy atom. The Morgan fingerprint density at radius 1 is 1.10 bits per heavy atom. The number of phenols is 1. The van der Waals surface area contributed by atoms with E-state index >= 15 is 0 Å². The fourth-order valence-electron chi connectivity index (χ4n) is 4.01. The number of likely N-dealkylation sites (tertiary alicyclic amines) is 1. The van der Waals surface area contributed by atoms with Gasteiger partial charge >= 0.3 is 0 Å². The first-order chi connectivity index (χ1) is 10.2. The summed E-state index contributed by atoms with van der Waals surface area (Å²) in [5.41, 5.74) is 1.32. The number of aromatic hydroxyl groups is 1. The molecule has 3 heteroatoms. The van der Waals surface area contributed by atoms with E-state index in [1.807, 2.05) is 18.2 Å². The molecule has 116 valence electrons. The topological polar surface area (TPSA) is 35.5 Å². The van der Waals surface area contributed by atoms with E-state index in [1.165, 1.54) is 58.0 Å². The number of hydrogen-bond acceptors (Lipinski definition) is 3. The van der Waals surface area contributed by atoms with Gasteiger partial charge in [-0.2, -0.15) is 0 Å². The highest BCUT2D eigenvalue weighted by molar-refractivity contribution is 5.55. The quantitative estimate of drug-likeness (QED) is 0.826. The molecule has 1 heterocycles. The lowest BCUT2D eigenvalue weighted by Crippen LogP contribution is -2.52. The summed E-state index contributed by atoms with van der Waals surface area (Å²) in [6.45, 7) is 4.83. The number of anilines is 1. The molecule has 1 aromatic carbocycles. The third-order valence-corrected chi connectivity index (χ3v) is 5.45. The first-order valence-electron chi connectivity index (χ1n) is 8.47. The maximum absolute atomic E-state index is 9.87. The standard InChI is InChI=1S/C18H28N2O/c1-18(11-5-2-6-12-18)20-13-9-15(10-14-20)19-16-7-3-4-8-17(16)21/h3-4,7-8,15,19,21H,2,5-6,9-14H2,1H3. The van der Waals surface area contributed by atoms with Crippen LogP contribution < -0.4 is 5.32 Å². The fourth-order valence-corrected chi connectivity index (χ4v) is 4.01. The number of para-hydroxylation sites is 2. The van der Waals surface area contributed by atoms with Gasteiger partial charge in [0.15, 0.2) is 0 Å². The second-order valence-corrected chi connectivity index (χ2v) is 6.98. The van der Waals surface area contributed by atoms with Gasteiger partial charge in [0.2, 0.25) is 0 Å². The van der Waals surface area contributed by atoms with Crippen molar-refractivity contribution in [2.45, 2.75) is 63.5 Å². The van der Waals surface area contributed by atoms with Crippen molar-refractivity contribution in [1.82, 2.24) is 4.90 Å². The van der Waals surface area contributed by atoms with Crippen molar-refractivity contribution < 1.29 is 5.11 Å². The SMILES string of the molecule is CC1(N2CCC(Nc3ccccc3O)CC2)CCCCC1. The summed E-state index contributed by atoms with van der Waals surface area (Å²) < 4.78 is 0. The molecule has 0 unspecified atom stereocenters. The predicted octanol–water partition coefficient (Wildman–Crippen LogP) is 3.99. The van der Waals surface area contributed by atoms with Crippen LogP contribution in [0.4, 0.5) is 5.69 Å². The first kappa shape index (κ1) is 14.7. The van der Waals surface area contributed by atoms with Gasteiger partial charge in [-0.05, 0) is 44.7 Å². The Labute approximate surface area is 128 Å². The number of phenolic OH excluding ortho intramolecular Hbond substituents is 1. The van der Waals surface area contributed by atoms with Crippen molar-refractivity contribution in [3.8, 4) is 5.75 Å². The second-order valence-electron chi connectivity index (χ2n) is 6.98. The summed E-state index contributed by atoms with van der Waals surface area (Å²) in [6.07, 6.45) is 9.28. The molecular weight excluding hydrogens is 260 g/mol. The van der Waals surface area contributed by atoms with Crippen LogP contribution in [0, 0.1) is 0 Å². The Morgan fingerprint density at radius 2 is 1.76 bits per heavy atom. The van der Waals surface area contributed by atoms with E-state index in [4.69, 9.17) is 0 Å². The second kappa shape index (κ2) is 6.27. The predicted molar refractivity (Wildman–Crippen MR) is 87.8 cm³/mol. The monoisotopic (exact) mass is 288 g/mol. The minimum Gasteiger partial charge on any atom is -0.506 e. The lowest BCUT2D eigenvalue weighted by Gasteiger charge is -2.47. The molecule has 0 spiro atoms. The van der Waals surface area contributed by atoms with E-state index in [0.29, 0.717) is 17.3 Å². The smallest absolute Gasteiger partial charge is 0.138 e. The zero-order chi connectivity index (χ0) is 14.7. The molecule has 2 N–H and O–H groups in total. The van der Waals surface area contributed by atoms with Gasteiger partial charge in [0.25, 0.3) is 0 Å². The van der Waals surface area contributed by atoms with E-state index in [9.17, 15) is 5.11 Å². The summed E-state index contributed by atoms with van der Waals surface area (Å²) in [7, 11) is 0. The van der Waals surface area contributed by atoms with Crippen molar-refractivity contribution >= 4 is 5.69 Å². The largest absolute Gasteiger partial charge is 0.506 e. The molecule has 0 bridgehead atoms. The molecule has 1 saturated heterocycles. The zero-order valence-corrected chi connectivity index (χ0v) is 13.1. The van der Waals surface area contributed by atoms with Crippen LogP contribution >= 0.6 is 0 Å². The van der Waals surface area contributed by atoms with Crippen molar-refractivity contribution in [3.05, 3.63) is 24.3 Å². The molecule has 1 aliphatic heterocycles. The summed E-state index contributed by atoms with van der Waals surface area (Å²) in [5.74, 6) is 0.360. The van der Waals surface area contributed by atoms with Crippen LogP contribution in [0.25, 0.3) is 0 Å². The molecule has 1 aromatic rings. The number of piperidine rings is 1. The Hall–Kier alpha value is -1.22. The summed E-state index contributed by atoms with van der Waals surface area (Å²) >= 11 is 0. The maximum atomic E-state index is 9.87. The Bertz CT molecular complexity index is 460. The summed E-state index contributed by atoms with van der Waals surface area (Å²) in [6, 6.07) is 8.04. The van der Waals surface area contributed by atoms with Gasteiger partial charge in [-0.1, -0.05) is 31.4 Å². The van der Waals surface area contributed by atoms with Crippen LogP contribution in [0.2, 0.25) is 0 Å². The highest BCUT2D eigenvalue weighted by Crippen LogP contribution is 2.35. The Balaban J connectivity index is 1.54. The lowest BCUT2D eigenvalue weighted by atomic mass is 9.80. The molecule has 21 heavy (non-hydrogen) atoms. The normalized spacial score (nSPS) is 23.9. The molecule has 1 aliphatic carbocycles. The van der Waals surface area contributed by atoms with E-state index in [2.05, 4.69) is 17.1 Å². The summed E-state index contributed by atoms with van der Waals surface area (Å²) in [4.78, 5) is 2.72. The molecule has 0 amide bonds. The van der Waals surface area contributed by atoms with Gasteiger partial charge < -0.3 is 10.4 Å². The van der Waals surface area contributed by atoms with Gasteiger partial charge in [-0.3, -0.25) is 4.90 Å². The molecule has 0 atom stereocenters. The molecule has 2 aliphatic rings. The van der Waals surface area contributed by atoms with Crippen LogP contribution in [0.5, 0.6) is 5.75 Å². The van der Waals surface area contributed by atoms with Crippen LogP contribution in [0.1, 0.15) is 51.9 Å². The third-order valence-electron chi connectivity index (χ3n) is 5.45. The third kappa shape index (κ3) is 3.34. The molecule has 1 saturated carbocycles. The average molecular weight is 288 g/mol. The van der Waals surface area contributed by atoms with Gasteiger partial charge in [-0.15, -0.1) is 0 Å². The first-order valence-corrected chi connectivity index (χ1v) is 8.47. The molecule has 3 nitrogen and oxygen atoms in total. The Kier molecular flexibility index (Phi) is 4.39. The number of nitrogens with one attached hydrogen (secondary N) is 1. The van der Waals surface area contributed by atoms with E-state index in [-0.39, 0.29) is 0 Å². The minimum atomic E-state index is 0.360. The molecular formula is C18H28N2O. The summed E-state index contributed by atoms with van der Waals surface area (Å²) in [5, 5.41) is 13.4. The number of benzene rings is 1. The molecule has 0 radical (unpaired) electrons. The van der Waals surface area contributed by atoms with E-state index in [1.54, 1.807) is 6.07 Å².